The summed E-state index contributed by atoms with van der Waals surface area (Å²) in [5, 5.41) is 7.99. The first kappa shape index (κ1) is 19.5. The Hall–Kier alpha value is -2.81. The lowest BCUT2D eigenvalue weighted by Crippen LogP contribution is -2.57. The molecule has 142 valence electrons. The molecule has 0 aromatic heterocycles. The van der Waals surface area contributed by atoms with Crippen LogP contribution in [0.15, 0.2) is 18.2 Å². The molecule has 2 rings (SSSR count). The van der Waals surface area contributed by atoms with E-state index in [9.17, 15) is 14.4 Å². The molecule has 26 heavy (non-hydrogen) atoms. The average molecular weight is 364 g/mol. The van der Waals surface area contributed by atoms with Crippen molar-refractivity contribution < 1.29 is 23.9 Å². The van der Waals surface area contributed by atoms with E-state index in [0.717, 1.165) is 0 Å². The zero-order valence-corrected chi connectivity index (χ0v) is 15.1. The number of methoxy groups -OCH3 is 2. The Morgan fingerprint density at radius 1 is 1.19 bits per heavy atom. The van der Waals surface area contributed by atoms with E-state index >= 15 is 0 Å². The van der Waals surface area contributed by atoms with Crippen LogP contribution in [0.5, 0.6) is 11.5 Å². The second kappa shape index (κ2) is 9.04. The molecule has 0 bridgehead atoms. The van der Waals surface area contributed by atoms with Gasteiger partial charge in [-0.1, -0.05) is 0 Å². The highest BCUT2D eigenvalue weighted by atomic mass is 16.5. The molecule has 1 aliphatic heterocycles. The summed E-state index contributed by atoms with van der Waals surface area (Å²) in [6.45, 7) is 0.917. The minimum atomic E-state index is -0.672. The largest absolute Gasteiger partial charge is 0.497 e. The van der Waals surface area contributed by atoms with Crippen molar-refractivity contribution in [3.8, 4) is 11.5 Å². The van der Waals surface area contributed by atoms with Gasteiger partial charge >= 0.3 is 0 Å². The van der Waals surface area contributed by atoms with Gasteiger partial charge in [0.1, 0.15) is 11.5 Å². The normalized spacial score (nSPS) is 17.2. The first-order valence-electron chi connectivity index (χ1n) is 8.22. The van der Waals surface area contributed by atoms with Crippen molar-refractivity contribution in [1.29, 1.82) is 0 Å². The molecule has 3 N–H and O–H groups in total. The topological polar surface area (TPSA) is 109 Å². The number of amides is 3. The number of nitrogens with zero attached hydrogens (tertiary/aromatic N) is 1. The summed E-state index contributed by atoms with van der Waals surface area (Å²) in [5.41, 5.74) is 0.524. The molecule has 0 aliphatic carbocycles. The number of carbonyl (C=O) groups excluding carboxylic acids is 3. The van der Waals surface area contributed by atoms with E-state index in [2.05, 4.69) is 16.0 Å². The highest BCUT2D eigenvalue weighted by Crippen LogP contribution is 2.25. The van der Waals surface area contributed by atoms with Crippen molar-refractivity contribution >= 4 is 23.4 Å². The number of piperazine rings is 1. The van der Waals surface area contributed by atoms with Gasteiger partial charge in [-0.2, -0.15) is 0 Å². The van der Waals surface area contributed by atoms with Crippen LogP contribution in [0.4, 0.5) is 5.69 Å². The lowest BCUT2D eigenvalue weighted by Gasteiger charge is -2.34. The number of ether oxygens (including phenoxy) is 2. The lowest BCUT2D eigenvalue weighted by molar-refractivity contribution is -0.135. The van der Waals surface area contributed by atoms with Crippen LogP contribution in [0.2, 0.25) is 0 Å². The number of carbonyl (C=O) groups is 3. The van der Waals surface area contributed by atoms with E-state index in [1.165, 1.54) is 21.3 Å². The molecule has 1 saturated heterocycles. The van der Waals surface area contributed by atoms with E-state index in [1.807, 2.05) is 0 Å². The summed E-state index contributed by atoms with van der Waals surface area (Å²) in [6, 6.07) is 4.37. The predicted octanol–water partition coefficient (Wildman–Crippen LogP) is -0.421. The second-order valence-electron chi connectivity index (χ2n) is 5.80. The molecule has 9 heteroatoms. The van der Waals surface area contributed by atoms with Crippen molar-refractivity contribution in [2.75, 3.05) is 46.2 Å². The zero-order chi connectivity index (χ0) is 19.1. The fourth-order valence-corrected chi connectivity index (χ4v) is 2.72. The smallest absolute Gasteiger partial charge is 0.238 e. The maximum atomic E-state index is 12.4. The molecule has 1 unspecified atom stereocenters. The third-order valence-corrected chi connectivity index (χ3v) is 4.08. The fraction of sp³-hybridized carbons (Fsp3) is 0.471. The van der Waals surface area contributed by atoms with Crippen LogP contribution in [0.1, 0.15) is 6.42 Å². The van der Waals surface area contributed by atoms with Gasteiger partial charge in [-0.25, -0.2) is 0 Å². The van der Waals surface area contributed by atoms with E-state index in [-0.39, 0.29) is 30.7 Å². The van der Waals surface area contributed by atoms with Crippen LogP contribution in [0, 0.1) is 0 Å². The first-order valence-corrected chi connectivity index (χ1v) is 8.22. The van der Waals surface area contributed by atoms with Crippen LogP contribution in [-0.4, -0.2) is 69.6 Å². The summed E-state index contributed by atoms with van der Waals surface area (Å²) in [4.78, 5) is 37.8. The third kappa shape index (κ3) is 5.09. The quantitative estimate of drug-likeness (QED) is 0.606. The molecule has 0 radical (unpaired) electrons. The van der Waals surface area contributed by atoms with Crippen molar-refractivity contribution in [3.63, 3.8) is 0 Å². The maximum Gasteiger partial charge on any atom is 0.238 e. The SMILES string of the molecule is CNC(=O)CC1C(=O)NCCN1CC(=O)Nc1cc(OC)cc(OC)c1. The van der Waals surface area contributed by atoms with Gasteiger partial charge in [0.15, 0.2) is 0 Å². The number of anilines is 1. The van der Waals surface area contributed by atoms with E-state index in [0.29, 0.717) is 30.3 Å². The Labute approximate surface area is 152 Å². The van der Waals surface area contributed by atoms with Gasteiger partial charge < -0.3 is 25.4 Å². The van der Waals surface area contributed by atoms with Crippen LogP contribution >= 0.6 is 0 Å². The molecular formula is C17H24N4O5. The molecule has 0 saturated carbocycles. The highest BCUT2D eigenvalue weighted by molar-refractivity contribution is 5.94. The van der Waals surface area contributed by atoms with Crippen LogP contribution in [0.3, 0.4) is 0 Å². The standard InChI is InChI=1S/C17H24N4O5/c1-18-15(22)9-14-17(24)19-4-5-21(14)10-16(23)20-11-6-12(25-2)8-13(7-11)26-3/h6-8,14H,4-5,9-10H2,1-3H3,(H,18,22)(H,19,24)(H,20,23). The second-order valence-corrected chi connectivity index (χ2v) is 5.80. The molecular weight excluding hydrogens is 340 g/mol. The van der Waals surface area contributed by atoms with Crippen LogP contribution in [0.25, 0.3) is 0 Å². The molecule has 3 amide bonds. The van der Waals surface area contributed by atoms with Crippen molar-refractivity contribution in [2.45, 2.75) is 12.5 Å². The van der Waals surface area contributed by atoms with E-state index in [4.69, 9.17) is 9.47 Å². The van der Waals surface area contributed by atoms with Crippen LogP contribution in [-0.2, 0) is 14.4 Å². The van der Waals surface area contributed by atoms with E-state index < -0.39 is 6.04 Å². The highest BCUT2D eigenvalue weighted by Gasteiger charge is 2.32. The van der Waals surface area contributed by atoms with Crippen molar-refractivity contribution in [1.82, 2.24) is 15.5 Å². The predicted molar refractivity (Wildman–Crippen MR) is 95.2 cm³/mol. The number of rotatable bonds is 7. The maximum absolute atomic E-state index is 12.4. The molecule has 0 spiro atoms. The van der Waals surface area contributed by atoms with Gasteiger partial charge in [-0.3, -0.25) is 19.3 Å². The number of hydrogen-bond donors (Lipinski definition) is 3. The molecule has 1 aliphatic rings. The molecule has 1 aromatic rings. The number of benzene rings is 1. The Bertz CT molecular complexity index is 657. The summed E-state index contributed by atoms with van der Waals surface area (Å²) < 4.78 is 10.4. The van der Waals surface area contributed by atoms with Crippen molar-refractivity contribution in [3.05, 3.63) is 18.2 Å². The third-order valence-electron chi connectivity index (χ3n) is 4.08. The summed E-state index contributed by atoms with van der Waals surface area (Å²) >= 11 is 0. The summed E-state index contributed by atoms with van der Waals surface area (Å²) in [5.74, 6) is 0.298. The van der Waals surface area contributed by atoms with Gasteiger partial charge in [0.2, 0.25) is 17.7 Å². The number of nitrogens with one attached hydrogen (secondary N) is 3. The molecule has 1 atom stereocenters. The summed E-state index contributed by atoms with van der Waals surface area (Å²) in [7, 11) is 4.56. The fourth-order valence-electron chi connectivity index (χ4n) is 2.72. The van der Waals surface area contributed by atoms with Gasteiger partial charge in [0.05, 0.1) is 33.2 Å². The zero-order valence-electron chi connectivity index (χ0n) is 15.1. The van der Waals surface area contributed by atoms with Gasteiger partial charge in [0.25, 0.3) is 0 Å². The first-order chi connectivity index (χ1) is 12.5. The van der Waals surface area contributed by atoms with E-state index in [1.54, 1.807) is 23.1 Å². The minimum Gasteiger partial charge on any atom is -0.497 e. The van der Waals surface area contributed by atoms with Crippen molar-refractivity contribution in [2.24, 2.45) is 0 Å². The molecule has 1 heterocycles. The summed E-state index contributed by atoms with van der Waals surface area (Å²) in [6.07, 6.45) is 0.00258. The molecule has 9 nitrogen and oxygen atoms in total. The number of hydrogen-bond acceptors (Lipinski definition) is 6. The Morgan fingerprint density at radius 2 is 1.85 bits per heavy atom. The molecule has 1 aromatic carbocycles. The monoisotopic (exact) mass is 364 g/mol. The van der Waals surface area contributed by atoms with Crippen LogP contribution < -0.4 is 25.4 Å². The Kier molecular flexibility index (Phi) is 6.79. The minimum absolute atomic E-state index is 0.00258. The average Bonchev–Trinajstić information content (AvgIpc) is 2.63. The van der Waals surface area contributed by atoms with Gasteiger partial charge in [-0.05, 0) is 0 Å². The van der Waals surface area contributed by atoms with Gasteiger partial charge in [-0.15, -0.1) is 0 Å². The Morgan fingerprint density at radius 3 is 2.42 bits per heavy atom. The van der Waals surface area contributed by atoms with Gasteiger partial charge in [0, 0.05) is 44.0 Å². The Balaban J connectivity index is 2.05. The lowest BCUT2D eigenvalue weighted by atomic mass is 10.1. The molecule has 1 fully saturated rings.